The summed E-state index contributed by atoms with van der Waals surface area (Å²) in [5.41, 5.74) is 2.31. The molecule has 27 heavy (non-hydrogen) atoms. The topological polar surface area (TPSA) is 96.2 Å². The summed E-state index contributed by atoms with van der Waals surface area (Å²) >= 11 is 0. The Morgan fingerprint density at radius 2 is 1.89 bits per heavy atom. The van der Waals surface area contributed by atoms with E-state index in [1.165, 1.54) is 0 Å². The van der Waals surface area contributed by atoms with Crippen molar-refractivity contribution in [3.8, 4) is 17.1 Å². The van der Waals surface area contributed by atoms with Crippen LogP contribution in [0.4, 0.5) is 0 Å². The van der Waals surface area contributed by atoms with Crippen LogP contribution in [0.3, 0.4) is 0 Å². The molecule has 8 heteroatoms. The maximum absolute atomic E-state index is 12.1. The molecule has 0 aliphatic carbocycles. The molecule has 0 amide bonds. The van der Waals surface area contributed by atoms with E-state index in [4.69, 9.17) is 9.47 Å². The maximum atomic E-state index is 12.1. The van der Waals surface area contributed by atoms with Gasteiger partial charge in [0.05, 0.1) is 7.11 Å². The number of tetrazole rings is 1. The van der Waals surface area contributed by atoms with E-state index < -0.39 is 5.97 Å². The minimum atomic E-state index is -0.620. The highest BCUT2D eigenvalue weighted by atomic mass is 16.5. The van der Waals surface area contributed by atoms with Crippen LogP contribution < -0.4 is 4.74 Å². The fraction of sp³-hybridized carbons (Fsp3) is 0.211. The lowest BCUT2D eigenvalue weighted by atomic mass is 10.1. The molecular weight excluding hydrogens is 348 g/mol. The summed E-state index contributed by atoms with van der Waals surface area (Å²) in [6.07, 6.45) is 0. The highest BCUT2D eigenvalue weighted by Crippen LogP contribution is 2.15. The van der Waals surface area contributed by atoms with Crippen molar-refractivity contribution in [3.05, 3.63) is 59.7 Å². The zero-order valence-electron chi connectivity index (χ0n) is 15.0. The SMILES string of the molecule is COc1ccc(C(=O)COC(=O)Cn2nnc(-c3cccc(C)c3)n2)cc1. The van der Waals surface area contributed by atoms with Gasteiger partial charge in [0.2, 0.25) is 5.82 Å². The molecule has 2 aromatic carbocycles. The van der Waals surface area contributed by atoms with Crippen molar-refractivity contribution in [2.24, 2.45) is 0 Å². The number of rotatable bonds is 7. The monoisotopic (exact) mass is 366 g/mol. The number of Topliss-reactive ketones (excluding diaryl/α,β-unsaturated/α-hetero) is 1. The van der Waals surface area contributed by atoms with Crippen molar-refractivity contribution in [2.45, 2.75) is 13.5 Å². The fourth-order valence-electron chi connectivity index (χ4n) is 2.38. The number of benzene rings is 2. The lowest BCUT2D eigenvalue weighted by Gasteiger charge is -2.05. The molecule has 0 N–H and O–H groups in total. The number of hydrogen-bond donors (Lipinski definition) is 0. The maximum Gasteiger partial charge on any atom is 0.330 e. The van der Waals surface area contributed by atoms with Gasteiger partial charge in [-0.2, -0.15) is 4.80 Å². The molecular formula is C19H18N4O4. The molecule has 3 rings (SSSR count). The van der Waals surface area contributed by atoms with Gasteiger partial charge in [0.1, 0.15) is 5.75 Å². The van der Waals surface area contributed by atoms with Crippen LogP contribution in [-0.4, -0.2) is 45.7 Å². The fourth-order valence-corrected chi connectivity index (χ4v) is 2.38. The van der Waals surface area contributed by atoms with Crippen molar-refractivity contribution < 1.29 is 19.1 Å². The molecule has 0 spiro atoms. The van der Waals surface area contributed by atoms with E-state index in [-0.39, 0.29) is 18.9 Å². The first-order valence-electron chi connectivity index (χ1n) is 8.23. The Kier molecular flexibility index (Phi) is 5.55. The van der Waals surface area contributed by atoms with Gasteiger partial charge in [-0.1, -0.05) is 23.8 Å². The van der Waals surface area contributed by atoms with Crippen LogP contribution >= 0.6 is 0 Å². The smallest absolute Gasteiger partial charge is 0.330 e. The Morgan fingerprint density at radius 3 is 2.59 bits per heavy atom. The second-order valence-corrected chi connectivity index (χ2v) is 5.83. The summed E-state index contributed by atoms with van der Waals surface area (Å²) in [4.78, 5) is 25.1. The summed E-state index contributed by atoms with van der Waals surface area (Å²) < 4.78 is 10.0. The second kappa shape index (κ2) is 8.22. The van der Waals surface area contributed by atoms with E-state index >= 15 is 0 Å². The third-order valence-corrected chi connectivity index (χ3v) is 3.78. The number of carbonyl (C=O) groups is 2. The third-order valence-electron chi connectivity index (χ3n) is 3.78. The highest BCUT2D eigenvalue weighted by molar-refractivity contribution is 5.98. The molecule has 0 saturated heterocycles. The van der Waals surface area contributed by atoms with E-state index in [9.17, 15) is 9.59 Å². The van der Waals surface area contributed by atoms with E-state index in [1.807, 2.05) is 31.2 Å². The number of carbonyl (C=O) groups excluding carboxylic acids is 2. The number of ketones is 1. The minimum absolute atomic E-state index is 0.227. The molecule has 1 heterocycles. The lowest BCUT2D eigenvalue weighted by molar-refractivity contribution is -0.143. The lowest BCUT2D eigenvalue weighted by Crippen LogP contribution is -2.19. The van der Waals surface area contributed by atoms with Crippen LogP contribution in [0.5, 0.6) is 5.75 Å². The van der Waals surface area contributed by atoms with Crippen LogP contribution in [0.15, 0.2) is 48.5 Å². The number of aryl methyl sites for hydroxylation is 1. The molecule has 1 aromatic heterocycles. The van der Waals surface area contributed by atoms with Gasteiger partial charge in [-0.15, -0.1) is 10.2 Å². The largest absolute Gasteiger partial charge is 0.497 e. The van der Waals surface area contributed by atoms with Crippen LogP contribution in [0, 0.1) is 6.92 Å². The minimum Gasteiger partial charge on any atom is -0.497 e. The molecule has 3 aromatic rings. The van der Waals surface area contributed by atoms with Gasteiger partial charge in [0.25, 0.3) is 0 Å². The molecule has 0 radical (unpaired) electrons. The molecule has 0 aliphatic rings. The van der Waals surface area contributed by atoms with Crippen molar-refractivity contribution >= 4 is 11.8 Å². The highest BCUT2D eigenvalue weighted by Gasteiger charge is 2.13. The first kappa shape index (κ1) is 18.2. The zero-order chi connectivity index (χ0) is 19.2. The number of methoxy groups -OCH3 is 1. The number of ether oxygens (including phenoxy) is 2. The molecule has 0 atom stereocenters. The van der Waals surface area contributed by atoms with Gasteiger partial charge < -0.3 is 9.47 Å². The van der Waals surface area contributed by atoms with Gasteiger partial charge in [-0.05, 0) is 42.5 Å². The normalized spacial score (nSPS) is 10.4. The zero-order valence-corrected chi connectivity index (χ0v) is 15.0. The number of aromatic nitrogens is 4. The van der Waals surface area contributed by atoms with Gasteiger partial charge in [-0.3, -0.25) is 4.79 Å². The summed E-state index contributed by atoms with van der Waals surface area (Å²) in [6.45, 7) is 1.38. The second-order valence-electron chi connectivity index (χ2n) is 5.83. The average molecular weight is 366 g/mol. The van der Waals surface area contributed by atoms with Crippen molar-refractivity contribution in [1.29, 1.82) is 0 Å². The summed E-state index contributed by atoms with van der Waals surface area (Å²) in [6, 6.07) is 14.2. The van der Waals surface area contributed by atoms with E-state index in [2.05, 4.69) is 15.4 Å². The molecule has 0 fully saturated rings. The van der Waals surface area contributed by atoms with Crippen LogP contribution in [-0.2, 0) is 16.1 Å². The quantitative estimate of drug-likeness (QED) is 0.466. The Hall–Kier alpha value is -3.55. The molecule has 0 saturated carbocycles. The third kappa shape index (κ3) is 4.75. The van der Waals surface area contributed by atoms with Crippen LogP contribution in [0.25, 0.3) is 11.4 Å². The van der Waals surface area contributed by atoms with E-state index in [0.29, 0.717) is 17.1 Å². The average Bonchev–Trinajstić information content (AvgIpc) is 3.14. The summed E-state index contributed by atoms with van der Waals surface area (Å²) in [5.74, 6) is 0.133. The van der Waals surface area contributed by atoms with E-state index in [1.54, 1.807) is 31.4 Å². The van der Waals surface area contributed by atoms with Gasteiger partial charge in [0, 0.05) is 11.1 Å². The molecule has 138 valence electrons. The molecule has 0 aliphatic heterocycles. The van der Waals surface area contributed by atoms with Crippen LogP contribution in [0.1, 0.15) is 15.9 Å². The summed E-state index contributed by atoms with van der Waals surface area (Å²) in [7, 11) is 1.54. The standard InChI is InChI=1S/C19H18N4O4/c1-13-4-3-5-15(10-13)19-20-22-23(21-19)11-18(25)27-12-17(24)14-6-8-16(26-2)9-7-14/h3-10H,11-12H2,1-2H3. The first-order valence-corrected chi connectivity index (χ1v) is 8.23. The number of hydrogen-bond acceptors (Lipinski definition) is 7. The molecule has 0 unspecified atom stereocenters. The molecule has 0 bridgehead atoms. The number of nitrogens with zero attached hydrogens (tertiary/aromatic N) is 4. The predicted octanol–water partition coefficient (Wildman–Crippen LogP) is 2.08. The first-order chi connectivity index (χ1) is 13.0. The predicted molar refractivity (Wildman–Crippen MR) is 96.3 cm³/mol. The Labute approximate surface area is 155 Å². The molecule has 8 nitrogen and oxygen atoms in total. The van der Waals surface area contributed by atoms with Gasteiger partial charge in [0.15, 0.2) is 18.9 Å². The Bertz CT molecular complexity index is 950. The van der Waals surface area contributed by atoms with Crippen molar-refractivity contribution in [3.63, 3.8) is 0 Å². The Balaban J connectivity index is 1.54. The summed E-state index contributed by atoms with van der Waals surface area (Å²) in [5, 5.41) is 11.9. The Morgan fingerprint density at radius 1 is 1.11 bits per heavy atom. The van der Waals surface area contributed by atoms with E-state index in [0.717, 1.165) is 15.9 Å². The van der Waals surface area contributed by atoms with Gasteiger partial charge >= 0.3 is 5.97 Å². The van der Waals surface area contributed by atoms with Crippen molar-refractivity contribution in [1.82, 2.24) is 20.2 Å². The van der Waals surface area contributed by atoms with Crippen LogP contribution in [0.2, 0.25) is 0 Å². The number of esters is 1. The van der Waals surface area contributed by atoms with Gasteiger partial charge in [-0.25, -0.2) is 4.79 Å². The van der Waals surface area contributed by atoms with Crippen molar-refractivity contribution in [2.75, 3.05) is 13.7 Å².